The van der Waals surface area contributed by atoms with Crippen LogP contribution in [0.2, 0.25) is 0 Å². The molecule has 5 heteroatoms. The van der Waals surface area contributed by atoms with Crippen molar-refractivity contribution in [3.8, 4) is 11.5 Å². The van der Waals surface area contributed by atoms with Crippen molar-refractivity contribution in [1.29, 1.82) is 0 Å². The lowest BCUT2D eigenvalue weighted by molar-refractivity contribution is 0.537. The van der Waals surface area contributed by atoms with E-state index in [1.54, 1.807) is 11.8 Å². The van der Waals surface area contributed by atoms with Crippen LogP contribution in [0.15, 0.2) is 33.6 Å². The summed E-state index contributed by atoms with van der Waals surface area (Å²) in [5.74, 6) is 0.571. The Balaban J connectivity index is 2.33. The van der Waals surface area contributed by atoms with E-state index in [0.29, 0.717) is 9.79 Å². The maximum Gasteiger partial charge on any atom is 0.278 e. The number of halogens is 1. The van der Waals surface area contributed by atoms with E-state index >= 15 is 0 Å². The predicted molar refractivity (Wildman–Crippen MR) is 64.2 cm³/mol. The van der Waals surface area contributed by atoms with Crippen LogP contribution < -0.4 is 0 Å². The summed E-state index contributed by atoms with van der Waals surface area (Å²) in [5, 5.41) is 7.71. The molecular formula is C9H7IN2OS. The van der Waals surface area contributed by atoms with Crippen molar-refractivity contribution < 1.29 is 4.42 Å². The molecule has 2 aromatic rings. The highest BCUT2D eigenvalue weighted by molar-refractivity contribution is 14.1. The molecule has 0 bridgehead atoms. The van der Waals surface area contributed by atoms with Gasteiger partial charge in [0.15, 0.2) is 0 Å². The number of rotatable bonds is 2. The van der Waals surface area contributed by atoms with Gasteiger partial charge in [-0.25, -0.2) is 0 Å². The van der Waals surface area contributed by atoms with Gasteiger partial charge in [0, 0.05) is 33.0 Å². The summed E-state index contributed by atoms with van der Waals surface area (Å²) in [5.41, 5.74) is 0.957. The lowest BCUT2D eigenvalue weighted by Crippen LogP contribution is -1.77. The molecule has 0 aliphatic rings. The number of benzene rings is 1. The summed E-state index contributed by atoms with van der Waals surface area (Å²) < 4.78 is 5.86. The van der Waals surface area contributed by atoms with Gasteiger partial charge in [-0.1, -0.05) is 0 Å². The lowest BCUT2D eigenvalue weighted by atomic mass is 10.2. The first-order valence-electron chi connectivity index (χ1n) is 3.93. The highest BCUT2D eigenvalue weighted by atomic mass is 127. The first-order valence-corrected chi connectivity index (χ1v) is 6.23. The topological polar surface area (TPSA) is 38.9 Å². The van der Waals surface area contributed by atoms with Gasteiger partial charge in [0.1, 0.15) is 0 Å². The zero-order chi connectivity index (χ0) is 9.97. The third-order valence-corrected chi connectivity index (χ3v) is 2.92. The largest absolute Gasteiger partial charge is 0.412 e. The van der Waals surface area contributed by atoms with Gasteiger partial charge in [-0.15, -0.1) is 22.0 Å². The van der Waals surface area contributed by atoms with Crippen LogP contribution >= 0.6 is 34.4 Å². The van der Waals surface area contributed by atoms with Crippen LogP contribution in [0.3, 0.4) is 0 Å². The number of nitrogens with zero attached hydrogens (tertiary/aromatic N) is 2. The molecule has 72 valence electrons. The molecule has 3 nitrogen and oxygen atoms in total. The fraction of sp³-hybridized carbons (Fsp3) is 0.111. The fourth-order valence-corrected chi connectivity index (χ4v) is 1.78. The van der Waals surface area contributed by atoms with Crippen molar-refractivity contribution in [2.45, 2.75) is 4.90 Å². The quantitative estimate of drug-likeness (QED) is 0.630. The minimum absolute atomic E-state index is 0.562. The first-order chi connectivity index (χ1) is 6.79. The van der Waals surface area contributed by atoms with Crippen LogP contribution in [0, 0.1) is 3.90 Å². The number of thioether (sulfide) groups is 1. The van der Waals surface area contributed by atoms with Crippen molar-refractivity contribution in [2.24, 2.45) is 0 Å². The molecular weight excluding hydrogens is 311 g/mol. The van der Waals surface area contributed by atoms with Gasteiger partial charge in [0.25, 0.3) is 3.90 Å². The SMILES string of the molecule is CSc1ccc(-c2nnc(I)o2)cc1. The fourth-order valence-electron chi connectivity index (χ4n) is 1.06. The van der Waals surface area contributed by atoms with Crippen LogP contribution in [-0.2, 0) is 0 Å². The molecule has 0 atom stereocenters. The standard InChI is InChI=1S/C9H7IN2OS/c1-14-7-4-2-6(3-5-7)8-11-12-9(10)13-8/h2-5H,1H3. The zero-order valence-corrected chi connectivity index (χ0v) is 10.4. The van der Waals surface area contributed by atoms with Gasteiger partial charge in [-0.3, -0.25) is 0 Å². The summed E-state index contributed by atoms with van der Waals surface area (Å²) in [4.78, 5) is 1.22. The van der Waals surface area contributed by atoms with Crippen LogP contribution in [0.1, 0.15) is 0 Å². The molecule has 0 fully saturated rings. The Labute approximate surface area is 99.4 Å². The van der Waals surface area contributed by atoms with Crippen molar-refractivity contribution in [3.05, 3.63) is 28.2 Å². The molecule has 1 heterocycles. The van der Waals surface area contributed by atoms with Gasteiger partial charge in [0.2, 0.25) is 5.89 Å². The van der Waals surface area contributed by atoms with Crippen LogP contribution in [0.4, 0.5) is 0 Å². The molecule has 0 N–H and O–H groups in total. The predicted octanol–water partition coefficient (Wildman–Crippen LogP) is 3.06. The Morgan fingerprint density at radius 3 is 2.43 bits per heavy atom. The first kappa shape index (κ1) is 9.97. The maximum atomic E-state index is 5.30. The Kier molecular flexibility index (Phi) is 3.07. The maximum absolute atomic E-state index is 5.30. The summed E-state index contributed by atoms with van der Waals surface area (Å²) in [6.07, 6.45) is 2.05. The number of hydrogen-bond acceptors (Lipinski definition) is 4. The van der Waals surface area contributed by atoms with E-state index in [9.17, 15) is 0 Å². The minimum atomic E-state index is 0.562. The zero-order valence-electron chi connectivity index (χ0n) is 7.40. The molecule has 0 radical (unpaired) electrons. The van der Waals surface area contributed by atoms with Crippen LogP contribution in [0.25, 0.3) is 11.5 Å². The molecule has 2 rings (SSSR count). The van der Waals surface area contributed by atoms with Crippen LogP contribution in [0.5, 0.6) is 0 Å². The van der Waals surface area contributed by atoms with E-state index in [0.717, 1.165) is 5.56 Å². The number of hydrogen-bond donors (Lipinski definition) is 0. The number of aromatic nitrogens is 2. The van der Waals surface area contributed by atoms with Gasteiger partial charge < -0.3 is 4.42 Å². The molecule has 0 amide bonds. The van der Waals surface area contributed by atoms with Gasteiger partial charge >= 0.3 is 0 Å². The van der Waals surface area contributed by atoms with Gasteiger partial charge in [0.05, 0.1) is 0 Å². The minimum Gasteiger partial charge on any atom is -0.412 e. The van der Waals surface area contributed by atoms with Crippen molar-refractivity contribution in [3.63, 3.8) is 0 Å². The smallest absolute Gasteiger partial charge is 0.278 e. The summed E-state index contributed by atoms with van der Waals surface area (Å²) in [6.45, 7) is 0. The third-order valence-electron chi connectivity index (χ3n) is 1.74. The third kappa shape index (κ3) is 2.09. The van der Waals surface area contributed by atoms with Gasteiger partial charge in [-0.2, -0.15) is 0 Å². The Hall–Kier alpha value is -0.560. The Morgan fingerprint density at radius 2 is 1.93 bits per heavy atom. The molecule has 0 aliphatic heterocycles. The van der Waals surface area contributed by atoms with E-state index in [-0.39, 0.29) is 0 Å². The Morgan fingerprint density at radius 1 is 1.21 bits per heavy atom. The monoisotopic (exact) mass is 318 g/mol. The van der Waals surface area contributed by atoms with Crippen molar-refractivity contribution >= 4 is 34.4 Å². The van der Waals surface area contributed by atoms with E-state index < -0.39 is 0 Å². The molecule has 1 aromatic carbocycles. The molecule has 0 saturated carbocycles. The molecule has 0 unspecified atom stereocenters. The molecule has 0 aliphatic carbocycles. The van der Waals surface area contributed by atoms with E-state index in [1.807, 2.05) is 53.1 Å². The second kappa shape index (κ2) is 4.31. The average Bonchev–Trinajstić information content (AvgIpc) is 2.65. The summed E-state index contributed by atoms with van der Waals surface area (Å²) in [6, 6.07) is 8.04. The van der Waals surface area contributed by atoms with Crippen molar-refractivity contribution in [2.75, 3.05) is 6.26 Å². The second-order valence-electron chi connectivity index (χ2n) is 2.59. The lowest BCUT2D eigenvalue weighted by Gasteiger charge is -1.96. The van der Waals surface area contributed by atoms with E-state index in [4.69, 9.17) is 4.42 Å². The van der Waals surface area contributed by atoms with Gasteiger partial charge in [-0.05, 0) is 30.5 Å². The van der Waals surface area contributed by atoms with E-state index in [2.05, 4.69) is 10.2 Å². The van der Waals surface area contributed by atoms with Crippen molar-refractivity contribution in [1.82, 2.24) is 10.2 Å². The molecule has 14 heavy (non-hydrogen) atoms. The normalized spacial score (nSPS) is 10.4. The molecule has 1 aromatic heterocycles. The summed E-state index contributed by atoms with van der Waals surface area (Å²) >= 11 is 3.71. The molecule has 0 spiro atoms. The Bertz CT molecular complexity index is 427. The summed E-state index contributed by atoms with van der Waals surface area (Å²) in [7, 11) is 0. The second-order valence-corrected chi connectivity index (χ2v) is 4.39. The average molecular weight is 318 g/mol. The highest BCUT2D eigenvalue weighted by Crippen LogP contribution is 2.22. The molecule has 0 saturated heterocycles. The van der Waals surface area contributed by atoms with Crippen LogP contribution in [-0.4, -0.2) is 16.5 Å². The van der Waals surface area contributed by atoms with E-state index in [1.165, 1.54) is 4.90 Å². The highest BCUT2D eigenvalue weighted by Gasteiger charge is 2.05.